The number of phenolic OH excluding ortho intramolecular Hbond substituents is 1. The molecule has 2 atom stereocenters. The molecular weight excluding hydrogens is 216 g/mol. The smallest absolute Gasteiger partial charge is 0.115 e. The highest BCUT2D eigenvalue weighted by molar-refractivity contribution is 5.27. The summed E-state index contributed by atoms with van der Waals surface area (Å²) in [4.78, 5) is 0. The average Bonchev–Trinajstić information content (AvgIpc) is 2.19. The first-order valence-electron chi connectivity index (χ1n) is 6.13. The van der Waals surface area contributed by atoms with Crippen molar-refractivity contribution in [2.75, 3.05) is 0 Å². The third kappa shape index (κ3) is 3.20. The molecule has 0 amide bonds. The quantitative estimate of drug-likeness (QED) is 0.828. The largest absolute Gasteiger partial charge is 0.508 e. The summed E-state index contributed by atoms with van der Waals surface area (Å²) in [6.07, 6.45) is 2.14. The van der Waals surface area contributed by atoms with Gasteiger partial charge in [0.15, 0.2) is 0 Å². The van der Waals surface area contributed by atoms with Crippen LogP contribution in [0.5, 0.6) is 5.75 Å². The van der Waals surface area contributed by atoms with E-state index in [1.54, 1.807) is 12.1 Å². The van der Waals surface area contributed by atoms with Crippen molar-refractivity contribution in [3.05, 3.63) is 29.8 Å². The lowest BCUT2D eigenvalue weighted by Gasteiger charge is -2.39. The predicted octanol–water partition coefficient (Wildman–Crippen LogP) is 2.25. The molecule has 1 aliphatic rings. The number of hydrogen-bond donors (Lipinski definition) is 2. The van der Waals surface area contributed by atoms with Gasteiger partial charge in [-0.2, -0.15) is 0 Å². The van der Waals surface area contributed by atoms with Crippen molar-refractivity contribution < 1.29 is 14.9 Å². The minimum absolute atomic E-state index is 0.0980. The number of phenols is 1. The molecule has 2 unspecified atom stereocenters. The molecule has 0 aliphatic carbocycles. The van der Waals surface area contributed by atoms with Gasteiger partial charge in [-0.15, -0.1) is 0 Å². The molecule has 2 rings (SSSR count). The fraction of sp³-hybridized carbons (Fsp3) is 0.571. The highest BCUT2D eigenvalue weighted by atomic mass is 16.5. The predicted molar refractivity (Wildman–Crippen MR) is 66.0 cm³/mol. The third-order valence-corrected chi connectivity index (χ3v) is 3.27. The van der Waals surface area contributed by atoms with E-state index in [2.05, 4.69) is 0 Å². The molecule has 1 saturated heterocycles. The van der Waals surface area contributed by atoms with Crippen molar-refractivity contribution in [2.45, 2.75) is 50.9 Å². The SMILES string of the molecule is CC1CC(O)(Cc2ccc(O)cc2)CC(C)O1. The molecule has 17 heavy (non-hydrogen) atoms. The van der Waals surface area contributed by atoms with E-state index in [9.17, 15) is 10.2 Å². The molecule has 0 spiro atoms. The lowest BCUT2D eigenvalue weighted by atomic mass is 9.82. The lowest BCUT2D eigenvalue weighted by molar-refractivity contribution is -0.130. The Morgan fingerprint density at radius 3 is 2.24 bits per heavy atom. The van der Waals surface area contributed by atoms with E-state index >= 15 is 0 Å². The summed E-state index contributed by atoms with van der Waals surface area (Å²) >= 11 is 0. The van der Waals surface area contributed by atoms with Crippen molar-refractivity contribution in [3.8, 4) is 5.75 Å². The van der Waals surface area contributed by atoms with Crippen molar-refractivity contribution in [2.24, 2.45) is 0 Å². The van der Waals surface area contributed by atoms with Crippen LogP contribution in [0.15, 0.2) is 24.3 Å². The topological polar surface area (TPSA) is 49.7 Å². The van der Waals surface area contributed by atoms with Crippen LogP contribution in [0.2, 0.25) is 0 Å². The van der Waals surface area contributed by atoms with E-state index in [4.69, 9.17) is 4.74 Å². The molecule has 1 fully saturated rings. The second kappa shape index (κ2) is 4.67. The molecule has 0 bridgehead atoms. The number of hydrogen-bond acceptors (Lipinski definition) is 3. The molecule has 2 N–H and O–H groups in total. The average molecular weight is 236 g/mol. The van der Waals surface area contributed by atoms with E-state index in [-0.39, 0.29) is 18.0 Å². The normalized spacial score (nSPS) is 33.6. The van der Waals surface area contributed by atoms with Gasteiger partial charge in [-0.3, -0.25) is 0 Å². The first kappa shape index (κ1) is 12.4. The minimum atomic E-state index is -0.686. The molecule has 1 heterocycles. The maximum Gasteiger partial charge on any atom is 0.115 e. The van der Waals surface area contributed by atoms with Crippen LogP contribution in [0.3, 0.4) is 0 Å². The van der Waals surface area contributed by atoms with Gasteiger partial charge in [0, 0.05) is 19.3 Å². The van der Waals surface area contributed by atoms with E-state index in [1.807, 2.05) is 26.0 Å². The fourth-order valence-electron chi connectivity index (χ4n) is 2.78. The van der Waals surface area contributed by atoms with Crippen molar-refractivity contribution in [3.63, 3.8) is 0 Å². The number of rotatable bonds is 2. The van der Waals surface area contributed by atoms with Crippen LogP contribution < -0.4 is 0 Å². The summed E-state index contributed by atoms with van der Waals surface area (Å²) in [5.74, 6) is 0.259. The second-order valence-electron chi connectivity index (χ2n) is 5.23. The van der Waals surface area contributed by atoms with Crippen LogP contribution in [0.25, 0.3) is 0 Å². The Morgan fingerprint density at radius 1 is 1.18 bits per heavy atom. The molecule has 94 valence electrons. The van der Waals surface area contributed by atoms with Gasteiger partial charge in [-0.25, -0.2) is 0 Å². The molecule has 0 saturated carbocycles. The van der Waals surface area contributed by atoms with Crippen LogP contribution in [-0.2, 0) is 11.2 Å². The van der Waals surface area contributed by atoms with E-state index in [0.29, 0.717) is 19.3 Å². The van der Waals surface area contributed by atoms with Crippen LogP contribution in [0.1, 0.15) is 32.3 Å². The zero-order chi connectivity index (χ0) is 12.5. The van der Waals surface area contributed by atoms with Crippen LogP contribution in [-0.4, -0.2) is 28.0 Å². The Balaban J connectivity index is 2.08. The minimum Gasteiger partial charge on any atom is -0.508 e. The summed E-state index contributed by atoms with van der Waals surface area (Å²) < 4.78 is 5.64. The van der Waals surface area contributed by atoms with Gasteiger partial charge in [-0.05, 0) is 31.5 Å². The molecule has 0 radical (unpaired) electrons. The fourth-order valence-corrected chi connectivity index (χ4v) is 2.78. The number of benzene rings is 1. The maximum atomic E-state index is 10.6. The standard InChI is InChI=1S/C14H20O3/c1-10-7-14(16,8-11(2)17-10)9-12-3-5-13(15)6-4-12/h3-6,10-11,15-16H,7-9H2,1-2H3. The summed E-state index contributed by atoms with van der Waals surface area (Å²) in [7, 11) is 0. The number of aromatic hydroxyl groups is 1. The van der Waals surface area contributed by atoms with Crippen LogP contribution >= 0.6 is 0 Å². The number of aliphatic hydroxyl groups is 1. The van der Waals surface area contributed by atoms with Gasteiger partial charge in [-0.1, -0.05) is 12.1 Å². The Bertz CT molecular complexity index is 362. The molecule has 0 aromatic heterocycles. The van der Waals surface area contributed by atoms with Crippen LogP contribution in [0.4, 0.5) is 0 Å². The molecular formula is C14H20O3. The van der Waals surface area contributed by atoms with Gasteiger partial charge in [0.2, 0.25) is 0 Å². The zero-order valence-electron chi connectivity index (χ0n) is 10.4. The van der Waals surface area contributed by atoms with Crippen molar-refractivity contribution in [1.29, 1.82) is 0 Å². The Morgan fingerprint density at radius 2 is 1.71 bits per heavy atom. The van der Waals surface area contributed by atoms with Gasteiger partial charge in [0.25, 0.3) is 0 Å². The highest BCUT2D eigenvalue weighted by Crippen LogP contribution is 2.32. The Labute approximate surface area is 102 Å². The van der Waals surface area contributed by atoms with Gasteiger partial charge >= 0.3 is 0 Å². The highest BCUT2D eigenvalue weighted by Gasteiger charge is 2.36. The summed E-state index contributed by atoms with van der Waals surface area (Å²) in [6.45, 7) is 3.99. The van der Waals surface area contributed by atoms with E-state index in [0.717, 1.165) is 5.56 Å². The Kier molecular flexibility index (Phi) is 3.40. The van der Waals surface area contributed by atoms with E-state index < -0.39 is 5.60 Å². The van der Waals surface area contributed by atoms with Gasteiger partial charge in [0.05, 0.1) is 17.8 Å². The Hall–Kier alpha value is -1.06. The first-order chi connectivity index (χ1) is 7.97. The molecule has 1 aliphatic heterocycles. The van der Waals surface area contributed by atoms with Gasteiger partial charge < -0.3 is 14.9 Å². The lowest BCUT2D eigenvalue weighted by Crippen LogP contribution is -2.44. The van der Waals surface area contributed by atoms with Gasteiger partial charge in [0.1, 0.15) is 5.75 Å². The first-order valence-corrected chi connectivity index (χ1v) is 6.13. The summed E-state index contributed by atoms with van der Waals surface area (Å²) in [6, 6.07) is 7.03. The second-order valence-corrected chi connectivity index (χ2v) is 5.23. The monoisotopic (exact) mass is 236 g/mol. The third-order valence-electron chi connectivity index (χ3n) is 3.27. The molecule has 1 aromatic rings. The van der Waals surface area contributed by atoms with Crippen molar-refractivity contribution >= 4 is 0 Å². The zero-order valence-corrected chi connectivity index (χ0v) is 10.4. The number of ether oxygens (including phenoxy) is 1. The molecule has 3 heteroatoms. The maximum absolute atomic E-state index is 10.6. The summed E-state index contributed by atoms with van der Waals surface area (Å²) in [5.41, 5.74) is 0.361. The molecule has 1 aromatic carbocycles. The van der Waals surface area contributed by atoms with Crippen molar-refractivity contribution in [1.82, 2.24) is 0 Å². The molecule has 3 nitrogen and oxygen atoms in total. The van der Waals surface area contributed by atoms with E-state index in [1.165, 1.54) is 0 Å². The van der Waals surface area contributed by atoms with Crippen LogP contribution in [0, 0.1) is 0 Å². The summed E-state index contributed by atoms with van der Waals surface area (Å²) in [5, 5.41) is 19.8.